The van der Waals surface area contributed by atoms with Crippen LogP contribution in [0.1, 0.15) is 33.6 Å². The minimum absolute atomic E-state index is 0.00613. The lowest BCUT2D eigenvalue weighted by atomic mass is 9.96. The number of amides is 2. The zero-order valence-electron chi connectivity index (χ0n) is 15.2. The van der Waals surface area contributed by atoms with E-state index in [-0.39, 0.29) is 17.9 Å². The van der Waals surface area contributed by atoms with Crippen LogP contribution in [0, 0.1) is 5.92 Å². The van der Waals surface area contributed by atoms with Crippen molar-refractivity contribution in [2.75, 3.05) is 52.5 Å². The number of nitrogens with one attached hydrogen (secondary N) is 1. The van der Waals surface area contributed by atoms with Crippen molar-refractivity contribution in [2.24, 2.45) is 5.92 Å². The highest BCUT2D eigenvalue weighted by molar-refractivity contribution is 5.79. The first-order valence-corrected chi connectivity index (χ1v) is 8.91. The van der Waals surface area contributed by atoms with Crippen LogP contribution >= 0.6 is 0 Å². The Hall–Kier alpha value is -1.34. The molecule has 0 aromatic heterocycles. The SMILES string of the molecule is CC(C)(C)OC(=O)N1CCC(C(=O)NCCN2CCOCC2)CC1. The normalized spacial score (nSPS) is 20.7. The number of hydrogen-bond donors (Lipinski definition) is 1. The Bertz CT molecular complexity index is 422. The Balaban J connectivity index is 1.64. The summed E-state index contributed by atoms with van der Waals surface area (Å²) in [5.74, 6) is 0.0977. The average molecular weight is 341 g/mol. The second-order valence-electron chi connectivity index (χ2n) is 7.49. The minimum Gasteiger partial charge on any atom is -0.444 e. The number of hydrogen-bond acceptors (Lipinski definition) is 5. The molecule has 2 heterocycles. The molecule has 138 valence electrons. The van der Waals surface area contributed by atoms with Crippen molar-refractivity contribution >= 4 is 12.0 Å². The molecule has 2 saturated heterocycles. The summed E-state index contributed by atoms with van der Waals surface area (Å²) < 4.78 is 10.7. The summed E-state index contributed by atoms with van der Waals surface area (Å²) in [4.78, 5) is 28.3. The van der Waals surface area contributed by atoms with Gasteiger partial charge in [0, 0.05) is 45.2 Å². The fraction of sp³-hybridized carbons (Fsp3) is 0.882. The Labute approximate surface area is 144 Å². The van der Waals surface area contributed by atoms with Gasteiger partial charge < -0.3 is 19.7 Å². The van der Waals surface area contributed by atoms with Gasteiger partial charge in [0.25, 0.3) is 0 Å². The quantitative estimate of drug-likeness (QED) is 0.829. The minimum atomic E-state index is -0.481. The highest BCUT2D eigenvalue weighted by Crippen LogP contribution is 2.19. The Morgan fingerprint density at radius 3 is 2.33 bits per heavy atom. The van der Waals surface area contributed by atoms with Crippen LogP contribution in [0.4, 0.5) is 4.79 Å². The maximum absolute atomic E-state index is 12.3. The molecule has 0 bridgehead atoms. The smallest absolute Gasteiger partial charge is 0.410 e. The number of piperidine rings is 1. The largest absolute Gasteiger partial charge is 0.444 e. The zero-order valence-corrected chi connectivity index (χ0v) is 15.2. The molecule has 0 aromatic carbocycles. The lowest BCUT2D eigenvalue weighted by Gasteiger charge is -2.33. The van der Waals surface area contributed by atoms with E-state index in [0.29, 0.717) is 32.5 Å². The predicted molar refractivity (Wildman–Crippen MR) is 90.8 cm³/mol. The van der Waals surface area contributed by atoms with Crippen molar-refractivity contribution < 1.29 is 19.1 Å². The molecule has 2 fully saturated rings. The molecule has 0 radical (unpaired) electrons. The van der Waals surface area contributed by atoms with E-state index in [0.717, 1.165) is 32.8 Å². The van der Waals surface area contributed by atoms with E-state index in [2.05, 4.69) is 10.2 Å². The van der Waals surface area contributed by atoms with E-state index >= 15 is 0 Å². The van der Waals surface area contributed by atoms with Gasteiger partial charge in [0.1, 0.15) is 5.60 Å². The number of nitrogens with zero attached hydrogens (tertiary/aromatic N) is 2. The molecule has 2 aliphatic rings. The fourth-order valence-corrected chi connectivity index (χ4v) is 2.96. The van der Waals surface area contributed by atoms with Gasteiger partial charge in [-0.05, 0) is 33.6 Å². The summed E-state index contributed by atoms with van der Waals surface area (Å²) >= 11 is 0. The molecule has 0 atom stereocenters. The number of rotatable bonds is 4. The highest BCUT2D eigenvalue weighted by Gasteiger charge is 2.29. The summed E-state index contributed by atoms with van der Waals surface area (Å²) in [6, 6.07) is 0. The van der Waals surface area contributed by atoms with E-state index in [1.54, 1.807) is 4.90 Å². The van der Waals surface area contributed by atoms with Crippen LogP contribution in [0.3, 0.4) is 0 Å². The van der Waals surface area contributed by atoms with Crippen LogP contribution in [0.2, 0.25) is 0 Å². The van der Waals surface area contributed by atoms with Crippen LogP contribution in [0.25, 0.3) is 0 Å². The number of morpholine rings is 1. The first-order valence-electron chi connectivity index (χ1n) is 8.91. The first-order chi connectivity index (χ1) is 11.3. The van der Waals surface area contributed by atoms with E-state index in [9.17, 15) is 9.59 Å². The van der Waals surface area contributed by atoms with Gasteiger partial charge in [0.15, 0.2) is 0 Å². The van der Waals surface area contributed by atoms with Crippen LogP contribution in [0.15, 0.2) is 0 Å². The summed E-state index contributed by atoms with van der Waals surface area (Å²) in [5.41, 5.74) is -0.481. The van der Waals surface area contributed by atoms with Crippen LogP contribution in [-0.4, -0.2) is 79.9 Å². The molecule has 7 nitrogen and oxygen atoms in total. The lowest BCUT2D eigenvalue weighted by Crippen LogP contribution is -2.46. The molecule has 0 saturated carbocycles. The van der Waals surface area contributed by atoms with Crippen LogP contribution in [0.5, 0.6) is 0 Å². The zero-order chi connectivity index (χ0) is 17.6. The Morgan fingerprint density at radius 1 is 1.12 bits per heavy atom. The lowest BCUT2D eigenvalue weighted by molar-refractivity contribution is -0.126. The van der Waals surface area contributed by atoms with Crippen molar-refractivity contribution in [3.05, 3.63) is 0 Å². The third kappa shape index (κ3) is 6.28. The summed E-state index contributed by atoms with van der Waals surface area (Å²) in [6.45, 7) is 11.7. The molecule has 0 aromatic rings. The molecule has 2 rings (SSSR count). The number of carbonyl (C=O) groups is 2. The molecular weight excluding hydrogens is 310 g/mol. The molecular formula is C17H31N3O4. The van der Waals surface area contributed by atoms with Crippen molar-refractivity contribution in [1.82, 2.24) is 15.1 Å². The van der Waals surface area contributed by atoms with Gasteiger partial charge in [-0.2, -0.15) is 0 Å². The predicted octanol–water partition coefficient (Wildman–Crippen LogP) is 1.08. The molecule has 1 N–H and O–H groups in total. The molecule has 24 heavy (non-hydrogen) atoms. The van der Waals surface area contributed by atoms with Crippen molar-refractivity contribution in [3.8, 4) is 0 Å². The van der Waals surface area contributed by atoms with Crippen LogP contribution < -0.4 is 5.32 Å². The summed E-state index contributed by atoms with van der Waals surface area (Å²) in [7, 11) is 0. The monoisotopic (exact) mass is 341 g/mol. The maximum atomic E-state index is 12.3. The third-order valence-electron chi connectivity index (χ3n) is 4.35. The molecule has 0 aliphatic carbocycles. The molecule has 0 unspecified atom stereocenters. The standard InChI is InChI=1S/C17H31N3O4/c1-17(2,3)24-16(22)20-7-4-14(5-8-20)15(21)18-6-9-19-10-12-23-13-11-19/h14H,4-13H2,1-3H3,(H,18,21). The van der Waals surface area contributed by atoms with Crippen molar-refractivity contribution in [2.45, 2.75) is 39.2 Å². The number of ether oxygens (including phenoxy) is 2. The second kappa shape index (κ2) is 8.67. The van der Waals surface area contributed by atoms with Gasteiger partial charge in [-0.1, -0.05) is 0 Å². The maximum Gasteiger partial charge on any atom is 0.410 e. The Morgan fingerprint density at radius 2 is 1.75 bits per heavy atom. The first kappa shape index (κ1) is 19.0. The van der Waals surface area contributed by atoms with Gasteiger partial charge in [0.05, 0.1) is 13.2 Å². The number of likely N-dealkylation sites (tertiary alicyclic amines) is 1. The molecule has 2 aliphatic heterocycles. The van der Waals surface area contributed by atoms with Gasteiger partial charge in [-0.25, -0.2) is 4.79 Å². The highest BCUT2D eigenvalue weighted by atomic mass is 16.6. The fourth-order valence-electron chi connectivity index (χ4n) is 2.96. The van der Waals surface area contributed by atoms with Gasteiger partial charge in [-0.3, -0.25) is 9.69 Å². The van der Waals surface area contributed by atoms with E-state index in [1.165, 1.54) is 0 Å². The van der Waals surface area contributed by atoms with Gasteiger partial charge in [-0.15, -0.1) is 0 Å². The van der Waals surface area contributed by atoms with Crippen LogP contribution in [-0.2, 0) is 14.3 Å². The van der Waals surface area contributed by atoms with Gasteiger partial charge >= 0.3 is 6.09 Å². The second-order valence-corrected chi connectivity index (χ2v) is 7.49. The van der Waals surface area contributed by atoms with Crippen molar-refractivity contribution in [3.63, 3.8) is 0 Å². The third-order valence-corrected chi connectivity index (χ3v) is 4.35. The molecule has 2 amide bonds. The van der Waals surface area contributed by atoms with Crippen molar-refractivity contribution in [1.29, 1.82) is 0 Å². The topological polar surface area (TPSA) is 71.1 Å². The molecule has 7 heteroatoms. The van der Waals surface area contributed by atoms with E-state index < -0.39 is 5.60 Å². The van der Waals surface area contributed by atoms with E-state index in [1.807, 2.05) is 20.8 Å². The van der Waals surface area contributed by atoms with E-state index in [4.69, 9.17) is 9.47 Å². The molecule has 0 spiro atoms. The van der Waals surface area contributed by atoms with Gasteiger partial charge in [0.2, 0.25) is 5.91 Å². The summed E-state index contributed by atoms with van der Waals surface area (Å²) in [5, 5.41) is 3.03. The summed E-state index contributed by atoms with van der Waals surface area (Å²) in [6.07, 6.45) is 1.11. The Kier molecular flexibility index (Phi) is 6.86. The average Bonchev–Trinajstić information content (AvgIpc) is 2.54. The number of carbonyl (C=O) groups excluding carboxylic acids is 2.